The second-order valence-electron chi connectivity index (χ2n) is 1.59. The molecule has 5 heteroatoms. The summed E-state index contributed by atoms with van der Waals surface area (Å²) in [7, 11) is -2.26. The van der Waals surface area contributed by atoms with Crippen molar-refractivity contribution in [1.82, 2.24) is 4.98 Å². The summed E-state index contributed by atoms with van der Waals surface area (Å²) in [6.45, 7) is 0. The van der Waals surface area contributed by atoms with E-state index in [1.165, 1.54) is 24.5 Å². The second-order valence-corrected chi connectivity index (χ2v) is 1.59. The van der Waals surface area contributed by atoms with Gasteiger partial charge in [-0.2, -0.15) is 0 Å². The van der Waals surface area contributed by atoms with Crippen molar-refractivity contribution in [3.05, 3.63) is 24.5 Å². The molecule has 0 aliphatic carbocycles. The zero-order valence-corrected chi connectivity index (χ0v) is 5.06. The minimum atomic E-state index is -2.26. The average molecular weight is 137 g/mol. The third-order valence-corrected chi connectivity index (χ3v) is 0.882. The largest absolute Gasteiger partial charge is 0.860 e. The van der Waals surface area contributed by atoms with Gasteiger partial charge in [-0.15, -0.1) is 0 Å². The van der Waals surface area contributed by atoms with E-state index in [1.807, 2.05) is 0 Å². The fourth-order valence-electron chi connectivity index (χ4n) is 0.528. The highest BCUT2D eigenvalue weighted by Crippen LogP contribution is 2.04. The molecule has 0 aliphatic heterocycles. The van der Waals surface area contributed by atoms with Gasteiger partial charge in [0.2, 0.25) is 0 Å². The van der Waals surface area contributed by atoms with Crippen molar-refractivity contribution in [3.8, 4) is 5.75 Å². The van der Waals surface area contributed by atoms with Crippen LogP contribution in [0.2, 0.25) is 0 Å². The van der Waals surface area contributed by atoms with E-state index < -0.39 is 7.32 Å². The molecule has 1 heterocycles. The summed E-state index contributed by atoms with van der Waals surface area (Å²) in [6.07, 6.45) is 2.88. The Morgan fingerprint density at radius 1 is 1.30 bits per heavy atom. The first-order valence-electron chi connectivity index (χ1n) is 2.67. The Morgan fingerprint density at radius 3 is 2.40 bits per heavy atom. The van der Waals surface area contributed by atoms with E-state index in [-0.39, 0.29) is 5.75 Å². The van der Waals surface area contributed by atoms with Crippen LogP contribution in [0.4, 0.5) is 0 Å². The first kappa shape index (κ1) is 7.05. The molecule has 0 amide bonds. The zero-order valence-electron chi connectivity index (χ0n) is 5.06. The molecule has 0 atom stereocenters. The highest BCUT2D eigenvalue weighted by molar-refractivity contribution is 6.29. The highest BCUT2D eigenvalue weighted by Gasteiger charge is 1.85. The molecule has 0 aliphatic rings. The number of hydrogen-bond acceptors (Lipinski definition) is 4. The Hall–Kier alpha value is -1.07. The van der Waals surface area contributed by atoms with Gasteiger partial charge in [0.1, 0.15) is 7.32 Å². The monoisotopic (exact) mass is 137 g/mol. The van der Waals surface area contributed by atoms with Crippen LogP contribution in [0.1, 0.15) is 0 Å². The normalized spacial score (nSPS) is 9.00. The van der Waals surface area contributed by atoms with E-state index in [1.54, 1.807) is 0 Å². The summed E-state index contributed by atoms with van der Waals surface area (Å²) < 4.78 is 4.26. The van der Waals surface area contributed by atoms with Crippen molar-refractivity contribution in [2.45, 2.75) is 0 Å². The Kier molecular flexibility index (Phi) is 2.25. The topological polar surface area (TPSA) is 68.2 Å². The van der Waals surface area contributed by atoms with Gasteiger partial charge in [-0.3, -0.25) is 4.98 Å². The molecule has 0 unspecified atom stereocenters. The SMILES string of the molecule is [O-]B([O-])Oc1ccncc1. The van der Waals surface area contributed by atoms with Crippen LogP contribution in [0.15, 0.2) is 24.5 Å². The van der Waals surface area contributed by atoms with Crippen LogP contribution in [-0.2, 0) is 0 Å². The van der Waals surface area contributed by atoms with Crippen LogP contribution in [0.3, 0.4) is 0 Å². The smallest absolute Gasteiger partial charge is 0.133 e. The predicted molar refractivity (Wildman–Crippen MR) is 30.6 cm³/mol. The molecule has 1 aromatic heterocycles. The minimum Gasteiger partial charge on any atom is -0.860 e. The van der Waals surface area contributed by atoms with Crippen molar-refractivity contribution in [2.24, 2.45) is 0 Å². The number of hydrogen-bond donors (Lipinski definition) is 0. The van der Waals surface area contributed by atoms with Gasteiger partial charge in [0.25, 0.3) is 0 Å². The fourth-order valence-corrected chi connectivity index (χ4v) is 0.528. The average Bonchev–Trinajstić information content (AvgIpc) is 1.88. The first-order valence-corrected chi connectivity index (χ1v) is 2.67. The van der Waals surface area contributed by atoms with Gasteiger partial charge in [0.15, 0.2) is 0 Å². The number of pyridine rings is 1. The standard InChI is InChI=1S/C5H4BNO3/c8-6(9)10-5-1-3-7-4-2-5/h1-4H/q-2. The van der Waals surface area contributed by atoms with Gasteiger partial charge < -0.3 is 14.7 Å². The fraction of sp³-hybridized carbons (Fsp3) is 0. The zero-order chi connectivity index (χ0) is 7.40. The van der Waals surface area contributed by atoms with Crippen LogP contribution in [0.5, 0.6) is 5.75 Å². The van der Waals surface area contributed by atoms with Gasteiger partial charge >= 0.3 is 0 Å². The van der Waals surface area contributed by atoms with Gasteiger partial charge in [-0.05, 0) is 12.1 Å². The van der Waals surface area contributed by atoms with E-state index in [0.717, 1.165) is 0 Å². The van der Waals surface area contributed by atoms with Gasteiger partial charge in [-0.1, -0.05) is 0 Å². The van der Waals surface area contributed by atoms with Gasteiger partial charge in [0.05, 0.1) is 5.75 Å². The maximum absolute atomic E-state index is 9.90. The Bertz CT molecular complexity index is 191. The van der Waals surface area contributed by atoms with E-state index in [9.17, 15) is 10.0 Å². The van der Waals surface area contributed by atoms with E-state index in [4.69, 9.17) is 0 Å². The molecule has 0 bridgehead atoms. The number of rotatable bonds is 2. The Morgan fingerprint density at radius 2 is 1.90 bits per heavy atom. The third-order valence-electron chi connectivity index (χ3n) is 0.882. The van der Waals surface area contributed by atoms with Crippen LogP contribution in [-0.4, -0.2) is 12.3 Å². The van der Waals surface area contributed by atoms with Crippen molar-refractivity contribution >= 4 is 7.32 Å². The molecule has 1 aromatic rings. The lowest BCUT2D eigenvalue weighted by Gasteiger charge is -2.26. The lowest BCUT2D eigenvalue weighted by molar-refractivity contribution is -0.372. The number of aromatic nitrogens is 1. The summed E-state index contributed by atoms with van der Waals surface area (Å²) in [5, 5.41) is 19.8. The summed E-state index contributed by atoms with van der Waals surface area (Å²) in [5.74, 6) is 0.255. The molecule has 0 radical (unpaired) electrons. The molecule has 0 N–H and O–H groups in total. The molecule has 52 valence electrons. The first-order chi connectivity index (χ1) is 4.79. The second kappa shape index (κ2) is 3.19. The van der Waals surface area contributed by atoms with Crippen LogP contribution in [0, 0.1) is 0 Å². The van der Waals surface area contributed by atoms with Crippen LogP contribution in [0.25, 0.3) is 0 Å². The third kappa shape index (κ3) is 2.04. The number of nitrogens with zero attached hydrogens (tertiary/aromatic N) is 1. The van der Waals surface area contributed by atoms with Crippen molar-refractivity contribution in [3.63, 3.8) is 0 Å². The van der Waals surface area contributed by atoms with E-state index >= 15 is 0 Å². The lowest BCUT2D eigenvalue weighted by atomic mass is 10.2. The molecule has 0 aromatic carbocycles. The lowest BCUT2D eigenvalue weighted by Crippen LogP contribution is -2.50. The van der Waals surface area contributed by atoms with Crippen LogP contribution < -0.4 is 14.7 Å². The maximum atomic E-state index is 9.90. The molecule has 0 saturated carbocycles. The summed E-state index contributed by atoms with van der Waals surface area (Å²) in [6, 6.07) is 2.89. The molecule has 0 fully saturated rings. The van der Waals surface area contributed by atoms with E-state index in [2.05, 4.69) is 9.64 Å². The van der Waals surface area contributed by atoms with Gasteiger partial charge in [0, 0.05) is 12.4 Å². The van der Waals surface area contributed by atoms with Crippen LogP contribution >= 0.6 is 0 Å². The Balaban J connectivity index is 2.59. The molecular formula is C5H4BNO3-2. The molecule has 1 rings (SSSR count). The highest BCUT2D eigenvalue weighted by atomic mass is 16.6. The molecule has 4 nitrogen and oxygen atoms in total. The van der Waals surface area contributed by atoms with Crippen molar-refractivity contribution in [2.75, 3.05) is 0 Å². The summed E-state index contributed by atoms with van der Waals surface area (Å²) in [5.41, 5.74) is 0. The minimum absolute atomic E-state index is 0.255. The quantitative estimate of drug-likeness (QED) is 0.449. The summed E-state index contributed by atoms with van der Waals surface area (Å²) >= 11 is 0. The van der Waals surface area contributed by atoms with Gasteiger partial charge in [-0.25, -0.2) is 0 Å². The van der Waals surface area contributed by atoms with Crippen molar-refractivity contribution in [1.29, 1.82) is 0 Å². The molecule has 0 spiro atoms. The molecule has 10 heavy (non-hydrogen) atoms. The van der Waals surface area contributed by atoms with Crippen molar-refractivity contribution < 1.29 is 14.7 Å². The molecular weight excluding hydrogens is 133 g/mol. The van der Waals surface area contributed by atoms with E-state index in [0.29, 0.717) is 0 Å². The predicted octanol–water partition coefficient (Wildman–Crippen LogP) is -1.83. The summed E-state index contributed by atoms with van der Waals surface area (Å²) in [4.78, 5) is 3.67. The maximum Gasteiger partial charge on any atom is 0.133 e. The molecule has 0 saturated heterocycles. The Labute approximate surface area is 58.3 Å².